The van der Waals surface area contributed by atoms with E-state index in [1.165, 1.54) is 24.2 Å². The third-order valence-electron chi connectivity index (χ3n) is 4.65. The minimum atomic E-state index is -1.82. The summed E-state index contributed by atoms with van der Waals surface area (Å²) >= 11 is 0. The molecule has 156 valence electrons. The van der Waals surface area contributed by atoms with Crippen LogP contribution in [0.2, 0.25) is 0 Å². The summed E-state index contributed by atoms with van der Waals surface area (Å²) in [5.74, 6) is -2.69. The van der Waals surface area contributed by atoms with Crippen LogP contribution in [0.1, 0.15) is 18.1 Å². The van der Waals surface area contributed by atoms with Gasteiger partial charge in [0.25, 0.3) is 0 Å². The Hall–Kier alpha value is -2.90. The lowest BCUT2D eigenvalue weighted by atomic mass is 10.2. The topological polar surface area (TPSA) is 90.3 Å². The third kappa shape index (κ3) is 8.33. The lowest BCUT2D eigenvalue weighted by Crippen LogP contribution is -2.45. The molecule has 0 bridgehead atoms. The van der Waals surface area contributed by atoms with Crippen molar-refractivity contribution in [2.24, 2.45) is 0 Å². The number of likely N-dealkylation sites (N-methyl/N-ethyl adjacent to an activating group) is 1. The number of rotatable bonds is 6. The highest BCUT2D eigenvalue weighted by molar-refractivity contribution is 6.27. The second-order valence-corrected chi connectivity index (χ2v) is 6.74. The van der Waals surface area contributed by atoms with E-state index in [0.717, 1.165) is 31.9 Å². The Balaban J connectivity index is 0.000000438. The second-order valence-electron chi connectivity index (χ2n) is 6.74. The van der Waals surface area contributed by atoms with Crippen LogP contribution in [0, 0.1) is 0 Å². The monoisotopic (exact) mass is 400 g/mol. The molecular weight excluding hydrogens is 372 g/mol. The summed E-state index contributed by atoms with van der Waals surface area (Å²) in [5.41, 5.74) is 2.54. The number of benzene rings is 2. The molecule has 0 spiro atoms. The Labute approximate surface area is 171 Å². The number of nitrogens with zero attached hydrogens (tertiary/aromatic N) is 2. The van der Waals surface area contributed by atoms with Gasteiger partial charge in [0.2, 0.25) is 0 Å². The predicted octanol–water partition coefficient (Wildman–Crippen LogP) is 2.56. The largest absolute Gasteiger partial charge is 0.489 e. The van der Waals surface area contributed by atoms with Crippen LogP contribution in [-0.4, -0.2) is 64.7 Å². The first-order valence-electron chi connectivity index (χ1n) is 9.64. The zero-order chi connectivity index (χ0) is 21.1. The second kappa shape index (κ2) is 11.8. The first kappa shape index (κ1) is 22.4. The Morgan fingerprint density at radius 1 is 0.862 bits per heavy atom. The number of carboxylic acids is 2. The minimum Gasteiger partial charge on any atom is -0.489 e. The molecule has 0 aliphatic carbocycles. The first-order chi connectivity index (χ1) is 14.0. The van der Waals surface area contributed by atoms with Crippen molar-refractivity contribution in [1.82, 2.24) is 9.80 Å². The SMILES string of the molecule is CCN1CCN(Cc2cccc(OCc3ccccc3)c2)CC1.O=C(O)C(=O)O. The van der Waals surface area contributed by atoms with E-state index in [4.69, 9.17) is 24.5 Å². The Morgan fingerprint density at radius 3 is 2.03 bits per heavy atom. The van der Waals surface area contributed by atoms with Crippen molar-refractivity contribution in [1.29, 1.82) is 0 Å². The minimum absolute atomic E-state index is 0.624. The van der Waals surface area contributed by atoms with Crippen LogP contribution in [0.5, 0.6) is 5.75 Å². The summed E-state index contributed by atoms with van der Waals surface area (Å²) < 4.78 is 5.93. The van der Waals surface area contributed by atoms with Gasteiger partial charge in [-0.3, -0.25) is 4.90 Å². The van der Waals surface area contributed by atoms with Crippen molar-refractivity contribution in [3.05, 3.63) is 65.7 Å². The van der Waals surface area contributed by atoms with Crippen molar-refractivity contribution in [2.45, 2.75) is 20.1 Å². The van der Waals surface area contributed by atoms with Gasteiger partial charge in [-0.15, -0.1) is 0 Å². The standard InChI is InChI=1S/C20H26N2O.C2H2O4/c1-2-21-11-13-22(14-12-21)16-19-9-6-10-20(15-19)23-17-18-7-4-3-5-8-18;3-1(4)2(5)6/h3-10,15H,2,11-14,16-17H2,1H3;(H,3,4)(H,5,6). The summed E-state index contributed by atoms with van der Waals surface area (Å²) in [6, 6.07) is 18.8. The molecule has 1 aliphatic heterocycles. The average molecular weight is 400 g/mol. The Morgan fingerprint density at radius 2 is 1.45 bits per heavy atom. The van der Waals surface area contributed by atoms with Gasteiger partial charge >= 0.3 is 11.9 Å². The van der Waals surface area contributed by atoms with E-state index in [-0.39, 0.29) is 0 Å². The lowest BCUT2D eigenvalue weighted by Gasteiger charge is -2.34. The Kier molecular flexibility index (Phi) is 9.14. The molecule has 2 aromatic rings. The van der Waals surface area contributed by atoms with E-state index in [1.807, 2.05) is 24.3 Å². The van der Waals surface area contributed by atoms with E-state index in [9.17, 15) is 0 Å². The molecule has 7 heteroatoms. The molecule has 0 saturated carbocycles. The predicted molar refractivity (Wildman–Crippen MR) is 110 cm³/mol. The number of carbonyl (C=O) groups is 2. The highest BCUT2D eigenvalue weighted by atomic mass is 16.5. The van der Waals surface area contributed by atoms with E-state index in [0.29, 0.717) is 6.61 Å². The van der Waals surface area contributed by atoms with Crippen LogP contribution < -0.4 is 4.74 Å². The number of hydrogen-bond donors (Lipinski definition) is 2. The highest BCUT2D eigenvalue weighted by Crippen LogP contribution is 2.17. The fourth-order valence-electron chi connectivity index (χ4n) is 3.00. The summed E-state index contributed by atoms with van der Waals surface area (Å²) in [6.45, 7) is 9.71. The number of carboxylic acid groups (broad SMARTS) is 2. The molecule has 29 heavy (non-hydrogen) atoms. The molecule has 0 unspecified atom stereocenters. The molecule has 7 nitrogen and oxygen atoms in total. The molecule has 1 aliphatic rings. The van der Waals surface area contributed by atoms with Gasteiger partial charge in [-0.1, -0.05) is 49.4 Å². The third-order valence-corrected chi connectivity index (χ3v) is 4.65. The van der Waals surface area contributed by atoms with Crippen LogP contribution in [0.25, 0.3) is 0 Å². The molecule has 0 atom stereocenters. The van der Waals surface area contributed by atoms with Gasteiger partial charge < -0.3 is 19.8 Å². The first-order valence-corrected chi connectivity index (χ1v) is 9.64. The van der Waals surface area contributed by atoms with Crippen molar-refractivity contribution >= 4 is 11.9 Å². The van der Waals surface area contributed by atoms with Gasteiger partial charge in [0.15, 0.2) is 0 Å². The van der Waals surface area contributed by atoms with E-state index >= 15 is 0 Å². The quantitative estimate of drug-likeness (QED) is 0.720. The number of hydrogen-bond acceptors (Lipinski definition) is 5. The average Bonchev–Trinajstić information content (AvgIpc) is 2.74. The molecule has 0 aromatic heterocycles. The molecule has 2 aromatic carbocycles. The van der Waals surface area contributed by atoms with Crippen LogP contribution in [-0.2, 0) is 22.7 Å². The van der Waals surface area contributed by atoms with Crippen molar-refractivity contribution in [2.75, 3.05) is 32.7 Å². The summed E-state index contributed by atoms with van der Waals surface area (Å²) in [6.07, 6.45) is 0. The fourth-order valence-corrected chi connectivity index (χ4v) is 3.00. The molecule has 0 amide bonds. The number of piperazine rings is 1. The van der Waals surface area contributed by atoms with Crippen molar-refractivity contribution in [3.63, 3.8) is 0 Å². The smallest absolute Gasteiger partial charge is 0.414 e. The van der Waals surface area contributed by atoms with E-state index < -0.39 is 11.9 Å². The highest BCUT2D eigenvalue weighted by Gasteiger charge is 2.15. The zero-order valence-corrected chi connectivity index (χ0v) is 16.7. The maximum Gasteiger partial charge on any atom is 0.414 e. The van der Waals surface area contributed by atoms with Gasteiger partial charge in [0.1, 0.15) is 12.4 Å². The summed E-state index contributed by atoms with van der Waals surface area (Å²) in [7, 11) is 0. The normalized spacial score (nSPS) is 14.5. The molecule has 1 heterocycles. The van der Waals surface area contributed by atoms with Gasteiger partial charge in [0, 0.05) is 32.7 Å². The molecule has 1 fully saturated rings. The molecular formula is C22H28N2O5. The maximum absolute atomic E-state index is 9.10. The molecule has 2 N–H and O–H groups in total. The van der Waals surface area contributed by atoms with Crippen molar-refractivity contribution in [3.8, 4) is 5.75 Å². The van der Waals surface area contributed by atoms with Crippen LogP contribution in [0.15, 0.2) is 54.6 Å². The number of ether oxygens (including phenoxy) is 1. The van der Waals surface area contributed by atoms with Gasteiger partial charge in [-0.25, -0.2) is 9.59 Å². The van der Waals surface area contributed by atoms with E-state index in [2.05, 4.69) is 47.1 Å². The van der Waals surface area contributed by atoms with Crippen LogP contribution in [0.3, 0.4) is 0 Å². The van der Waals surface area contributed by atoms with E-state index in [1.54, 1.807) is 0 Å². The molecule has 0 radical (unpaired) electrons. The van der Waals surface area contributed by atoms with Crippen molar-refractivity contribution < 1.29 is 24.5 Å². The molecule has 3 rings (SSSR count). The zero-order valence-electron chi connectivity index (χ0n) is 16.7. The Bertz CT molecular complexity index is 762. The molecule has 1 saturated heterocycles. The summed E-state index contributed by atoms with van der Waals surface area (Å²) in [4.78, 5) is 23.2. The van der Waals surface area contributed by atoms with Crippen LogP contribution in [0.4, 0.5) is 0 Å². The van der Waals surface area contributed by atoms with Gasteiger partial charge in [0.05, 0.1) is 0 Å². The van der Waals surface area contributed by atoms with Gasteiger partial charge in [-0.2, -0.15) is 0 Å². The van der Waals surface area contributed by atoms with Gasteiger partial charge in [-0.05, 0) is 29.8 Å². The maximum atomic E-state index is 9.10. The fraction of sp³-hybridized carbons (Fsp3) is 0.364. The van der Waals surface area contributed by atoms with Crippen LogP contribution >= 0.6 is 0 Å². The number of aliphatic carboxylic acids is 2. The lowest BCUT2D eigenvalue weighted by molar-refractivity contribution is -0.159. The summed E-state index contributed by atoms with van der Waals surface area (Å²) in [5, 5.41) is 14.8.